The van der Waals surface area contributed by atoms with Crippen molar-refractivity contribution in [2.75, 3.05) is 0 Å². The molecule has 0 aliphatic rings. The molecule has 0 amide bonds. The lowest BCUT2D eigenvalue weighted by Crippen LogP contribution is -2.07. The molecule has 12 heteroatoms. The van der Waals surface area contributed by atoms with Crippen LogP contribution in [0.3, 0.4) is 0 Å². The van der Waals surface area contributed by atoms with Crippen LogP contribution in [0.15, 0.2) is 58.3 Å². The van der Waals surface area contributed by atoms with Crippen molar-refractivity contribution in [3.63, 3.8) is 0 Å². The van der Waals surface area contributed by atoms with E-state index in [4.69, 9.17) is 19.3 Å². The normalized spacial score (nSPS) is 11.2. The molecule has 0 radical (unpaired) electrons. The van der Waals surface area contributed by atoms with E-state index in [0.717, 1.165) is 24.3 Å². The standard InChI is InChI=1S/2C7H6O5S/c2*8-7(9)5-3-1-2-4-6(5)13(10,11)12/h2*1-4H,(H,8,9)(H,10,11,12). The van der Waals surface area contributed by atoms with Gasteiger partial charge in [0.15, 0.2) is 0 Å². The Balaban J connectivity index is 0.000000260. The molecule has 0 unspecified atom stereocenters. The van der Waals surface area contributed by atoms with Crippen molar-refractivity contribution in [3.05, 3.63) is 59.7 Å². The van der Waals surface area contributed by atoms with Gasteiger partial charge < -0.3 is 10.2 Å². The zero-order valence-electron chi connectivity index (χ0n) is 12.7. The molecule has 0 fully saturated rings. The fourth-order valence-corrected chi connectivity index (χ4v) is 3.10. The molecular weight excluding hydrogens is 392 g/mol. The van der Waals surface area contributed by atoms with Gasteiger partial charge in [-0.3, -0.25) is 9.11 Å². The van der Waals surface area contributed by atoms with Crippen LogP contribution in [0.1, 0.15) is 20.7 Å². The van der Waals surface area contributed by atoms with Crippen LogP contribution in [-0.2, 0) is 20.2 Å². The van der Waals surface area contributed by atoms with Gasteiger partial charge in [0, 0.05) is 0 Å². The van der Waals surface area contributed by atoms with Crippen molar-refractivity contribution in [3.8, 4) is 0 Å². The molecule has 140 valence electrons. The topological polar surface area (TPSA) is 183 Å². The fraction of sp³-hybridized carbons (Fsp3) is 0. The number of hydrogen-bond acceptors (Lipinski definition) is 6. The molecule has 10 nitrogen and oxygen atoms in total. The molecule has 0 atom stereocenters. The van der Waals surface area contributed by atoms with Crippen LogP contribution in [0, 0.1) is 0 Å². The summed E-state index contributed by atoms with van der Waals surface area (Å²) in [6.45, 7) is 0. The summed E-state index contributed by atoms with van der Waals surface area (Å²) in [6, 6.07) is 9.66. The quantitative estimate of drug-likeness (QED) is 0.541. The van der Waals surface area contributed by atoms with E-state index in [1.165, 1.54) is 24.3 Å². The maximum Gasteiger partial charge on any atom is 0.337 e. The predicted octanol–water partition coefficient (Wildman–Crippen LogP) is 1.26. The van der Waals surface area contributed by atoms with Gasteiger partial charge in [-0.1, -0.05) is 24.3 Å². The molecular formula is C14H12O10S2. The van der Waals surface area contributed by atoms with Crippen LogP contribution in [-0.4, -0.2) is 48.1 Å². The lowest BCUT2D eigenvalue weighted by molar-refractivity contribution is 0.0682. The molecule has 0 spiro atoms. The maximum atomic E-state index is 10.7. The van der Waals surface area contributed by atoms with Gasteiger partial charge in [-0.05, 0) is 24.3 Å². The Morgan fingerprint density at radius 3 is 1.08 bits per heavy atom. The highest BCUT2D eigenvalue weighted by Gasteiger charge is 2.19. The van der Waals surface area contributed by atoms with Gasteiger partial charge in [-0.2, -0.15) is 16.8 Å². The number of carbonyl (C=O) groups is 2. The first-order chi connectivity index (χ1) is 11.9. The highest BCUT2D eigenvalue weighted by molar-refractivity contribution is 7.86. The average Bonchev–Trinajstić information content (AvgIpc) is 2.54. The van der Waals surface area contributed by atoms with Crippen molar-refractivity contribution >= 4 is 32.2 Å². The number of rotatable bonds is 4. The summed E-state index contributed by atoms with van der Waals surface area (Å²) in [4.78, 5) is 19.8. The number of hydrogen-bond donors (Lipinski definition) is 4. The molecule has 0 aromatic heterocycles. The summed E-state index contributed by atoms with van der Waals surface area (Å²) >= 11 is 0. The Kier molecular flexibility index (Phi) is 6.58. The monoisotopic (exact) mass is 404 g/mol. The third-order valence-corrected chi connectivity index (χ3v) is 4.61. The fourth-order valence-electron chi connectivity index (χ4n) is 1.74. The Bertz CT molecular complexity index is 953. The van der Waals surface area contributed by atoms with Crippen molar-refractivity contribution in [2.45, 2.75) is 9.79 Å². The Hall–Kier alpha value is -2.80. The molecule has 0 heterocycles. The second-order valence-corrected chi connectivity index (χ2v) is 7.33. The van der Waals surface area contributed by atoms with Crippen LogP contribution < -0.4 is 0 Å². The van der Waals surface area contributed by atoms with Gasteiger partial charge in [-0.15, -0.1) is 0 Å². The van der Waals surface area contributed by atoms with E-state index in [1.807, 2.05) is 0 Å². The van der Waals surface area contributed by atoms with E-state index in [-0.39, 0.29) is 0 Å². The van der Waals surface area contributed by atoms with Crippen LogP contribution in [0.2, 0.25) is 0 Å². The number of carboxylic acids is 2. The zero-order valence-corrected chi connectivity index (χ0v) is 14.3. The van der Waals surface area contributed by atoms with Gasteiger partial charge in [0.25, 0.3) is 20.2 Å². The molecule has 2 rings (SSSR count). The molecule has 2 aromatic carbocycles. The van der Waals surface area contributed by atoms with Crippen LogP contribution >= 0.6 is 0 Å². The van der Waals surface area contributed by atoms with Crippen LogP contribution in [0.25, 0.3) is 0 Å². The molecule has 2 aromatic rings. The zero-order chi connectivity index (χ0) is 20.1. The van der Waals surface area contributed by atoms with Crippen molar-refractivity contribution in [1.82, 2.24) is 0 Å². The first-order valence-electron chi connectivity index (χ1n) is 6.45. The van der Waals surface area contributed by atoms with E-state index >= 15 is 0 Å². The minimum Gasteiger partial charge on any atom is -0.478 e. The number of benzene rings is 2. The maximum absolute atomic E-state index is 10.7. The van der Waals surface area contributed by atoms with Crippen molar-refractivity contribution in [2.24, 2.45) is 0 Å². The summed E-state index contributed by atoms with van der Waals surface area (Å²) in [5, 5.41) is 17.1. The molecule has 0 bridgehead atoms. The van der Waals surface area contributed by atoms with E-state index in [0.29, 0.717) is 0 Å². The van der Waals surface area contributed by atoms with Crippen molar-refractivity contribution in [1.29, 1.82) is 0 Å². The lowest BCUT2D eigenvalue weighted by Gasteiger charge is -2.00. The average molecular weight is 404 g/mol. The van der Waals surface area contributed by atoms with Gasteiger partial charge in [0.2, 0.25) is 0 Å². The molecule has 0 saturated heterocycles. The molecule has 0 aliphatic carbocycles. The van der Waals surface area contributed by atoms with E-state index in [1.54, 1.807) is 0 Å². The van der Waals surface area contributed by atoms with Gasteiger partial charge in [0.1, 0.15) is 9.79 Å². The smallest absolute Gasteiger partial charge is 0.337 e. The largest absolute Gasteiger partial charge is 0.478 e. The molecule has 26 heavy (non-hydrogen) atoms. The number of carboxylic acid groups (broad SMARTS) is 2. The summed E-state index contributed by atoms with van der Waals surface area (Å²) in [5.41, 5.74) is -0.880. The Labute approximate surface area is 147 Å². The van der Waals surface area contributed by atoms with Crippen molar-refractivity contribution < 1.29 is 45.7 Å². The SMILES string of the molecule is O=C(O)c1ccccc1S(=O)(=O)O.O=C(O)c1ccccc1S(=O)(=O)O. The third kappa shape index (κ3) is 5.63. The lowest BCUT2D eigenvalue weighted by atomic mass is 10.2. The highest BCUT2D eigenvalue weighted by Crippen LogP contribution is 2.15. The summed E-state index contributed by atoms with van der Waals surface area (Å²) in [5.74, 6) is -2.79. The minimum atomic E-state index is -4.46. The molecule has 0 aliphatic heterocycles. The molecule has 0 saturated carbocycles. The van der Waals surface area contributed by atoms with E-state index in [9.17, 15) is 26.4 Å². The summed E-state index contributed by atoms with van der Waals surface area (Å²) < 4.78 is 59.9. The van der Waals surface area contributed by atoms with E-state index in [2.05, 4.69) is 0 Å². The first-order valence-corrected chi connectivity index (χ1v) is 9.33. The second-order valence-electron chi connectivity index (χ2n) is 4.55. The van der Waals surface area contributed by atoms with Crippen LogP contribution in [0.4, 0.5) is 0 Å². The summed E-state index contributed by atoms with van der Waals surface area (Å²) in [7, 11) is -8.92. The van der Waals surface area contributed by atoms with Crippen LogP contribution in [0.5, 0.6) is 0 Å². The van der Waals surface area contributed by atoms with E-state index < -0.39 is 53.1 Å². The van der Waals surface area contributed by atoms with Gasteiger partial charge >= 0.3 is 11.9 Å². The second kappa shape index (κ2) is 8.05. The first kappa shape index (κ1) is 21.2. The number of aromatic carboxylic acids is 2. The summed E-state index contributed by atoms with van der Waals surface area (Å²) in [6.07, 6.45) is 0. The van der Waals surface area contributed by atoms with Gasteiger partial charge in [-0.25, -0.2) is 9.59 Å². The molecule has 4 N–H and O–H groups in total. The third-order valence-electron chi connectivity index (χ3n) is 2.79. The minimum absolute atomic E-state index is 0.440. The Morgan fingerprint density at radius 1 is 0.615 bits per heavy atom. The van der Waals surface area contributed by atoms with Gasteiger partial charge in [0.05, 0.1) is 11.1 Å². The Morgan fingerprint density at radius 2 is 0.885 bits per heavy atom. The highest BCUT2D eigenvalue weighted by atomic mass is 32.2. The predicted molar refractivity (Wildman–Crippen MR) is 86.4 cm³/mol.